The fraction of sp³-hybridized carbons (Fsp3) is 0.357. The van der Waals surface area contributed by atoms with Crippen LogP contribution in [0.3, 0.4) is 0 Å². The summed E-state index contributed by atoms with van der Waals surface area (Å²) >= 11 is 0. The Morgan fingerprint density at radius 2 is 2.35 bits per heavy atom. The van der Waals surface area contributed by atoms with Gasteiger partial charge in [0.15, 0.2) is 0 Å². The zero-order valence-corrected chi connectivity index (χ0v) is 11.3. The molecule has 0 fully saturated rings. The number of hydrogen-bond donors (Lipinski definition) is 3. The maximum absolute atomic E-state index is 12.3. The van der Waals surface area contributed by atoms with Crippen molar-refractivity contribution in [3.05, 3.63) is 47.8 Å². The van der Waals surface area contributed by atoms with E-state index in [9.17, 15) is 4.79 Å². The fourth-order valence-corrected chi connectivity index (χ4v) is 2.37. The van der Waals surface area contributed by atoms with E-state index in [0.717, 1.165) is 17.1 Å². The summed E-state index contributed by atoms with van der Waals surface area (Å²) < 4.78 is 0. The molecule has 0 radical (unpaired) electrons. The number of H-pyrrole nitrogens is 1. The van der Waals surface area contributed by atoms with Crippen LogP contribution in [0.2, 0.25) is 0 Å². The average molecular weight is 271 g/mol. The number of carbonyl (C=O) groups excluding carboxylic acids is 1. The Bertz CT molecular complexity index is 595. The Morgan fingerprint density at radius 3 is 3.15 bits per heavy atom. The molecule has 0 saturated carbocycles. The molecule has 0 aromatic carbocycles. The molecular weight excluding hydrogens is 254 g/mol. The number of hydrogen-bond acceptors (Lipinski definition) is 4. The van der Waals surface area contributed by atoms with Crippen LogP contribution in [0.15, 0.2) is 30.7 Å². The quantitative estimate of drug-likeness (QED) is 0.767. The number of aromatic nitrogens is 3. The molecule has 3 N–H and O–H groups in total. The van der Waals surface area contributed by atoms with Gasteiger partial charge in [-0.05, 0) is 19.1 Å². The van der Waals surface area contributed by atoms with Crippen LogP contribution in [0.1, 0.15) is 30.0 Å². The highest BCUT2D eigenvalue weighted by molar-refractivity contribution is 5.82. The lowest BCUT2D eigenvalue weighted by Crippen LogP contribution is -2.48. The Balaban J connectivity index is 1.63. The summed E-state index contributed by atoms with van der Waals surface area (Å²) in [4.78, 5) is 23.8. The molecule has 1 aliphatic rings. The second kappa shape index (κ2) is 5.42. The van der Waals surface area contributed by atoms with Crippen LogP contribution >= 0.6 is 0 Å². The molecule has 104 valence electrons. The molecule has 0 bridgehead atoms. The van der Waals surface area contributed by atoms with Gasteiger partial charge in [0.05, 0.1) is 35.5 Å². The van der Waals surface area contributed by atoms with E-state index in [1.807, 2.05) is 25.1 Å². The van der Waals surface area contributed by atoms with Crippen LogP contribution in [0.25, 0.3) is 0 Å². The first kappa shape index (κ1) is 12.8. The first-order valence-electron chi connectivity index (χ1n) is 6.70. The lowest BCUT2D eigenvalue weighted by molar-refractivity contribution is -0.124. The minimum absolute atomic E-state index is 0.0168. The minimum Gasteiger partial charge on any atom is -0.347 e. The van der Waals surface area contributed by atoms with E-state index in [2.05, 4.69) is 25.6 Å². The lowest BCUT2D eigenvalue weighted by atomic mass is 10.0. The van der Waals surface area contributed by atoms with Crippen molar-refractivity contribution in [1.82, 2.24) is 25.6 Å². The number of imidazole rings is 1. The molecule has 3 heterocycles. The van der Waals surface area contributed by atoms with E-state index in [0.29, 0.717) is 13.0 Å². The summed E-state index contributed by atoms with van der Waals surface area (Å²) in [6, 6.07) is 5.34. The summed E-state index contributed by atoms with van der Waals surface area (Å²) in [6.45, 7) is 2.58. The molecule has 2 aromatic rings. The topological polar surface area (TPSA) is 82.7 Å². The molecule has 0 spiro atoms. The Morgan fingerprint density at radius 1 is 1.45 bits per heavy atom. The maximum Gasteiger partial charge on any atom is 0.238 e. The molecule has 3 rings (SSSR count). The third-order valence-corrected chi connectivity index (χ3v) is 3.54. The molecule has 0 aliphatic carbocycles. The van der Waals surface area contributed by atoms with Crippen molar-refractivity contribution in [3.63, 3.8) is 0 Å². The summed E-state index contributed by atoms with van der Waals surface area (Å²) in [5, 5.41) is 6.20. The number of amides is 1. The summed E-state index contributed by atoms with van der Waals surface area (Å²) in [5.74, 6) is -0.0168. The number of pyridine rings is 1. The van der Waals surface area contributed by atoms with Crippen LogP contribution in [0.5, 0.6) is 0 Å². The van der Waals surface area contributed by atoms with Crippen LogP contribution in [-0.2, 0) is 17.8 Å². The van der Waals surface area contributed by atoms with Gasteiger partial charge in [-0.1, -0.05) is 6.07 Å². The van der Waals surface area contributed by atoms with Gasteiger partial charge in [-0.3, -0.25) is 15.1 Å². The molecule has 0 saturated heterocycles. The van der Waals surface area contributed by atoms with E-state index >= 15 is 0 Å². The number of nitrogens with one attached hydrogen (secondary N) is 3. The first-order valence-corrected chi connectivity index (χ1v) is 6.70. The number of carbonyl (C=O) groups is 1. The van der Waals surface area contributed by atoms with Crippen LogP contribution in [0.4, 0.5) is 0 Å². The molecular formula is C14H17N5O. The van der Waals surface area contributed by atoms with E-state index in [1.54, 1.807) is 12.5 Å². The maximum atomic E-state index is 12.3. The van der Waals surface area contributed by atoms with E-state index in [4.69, 9.17) is 0 Å². The number of nitrogens with zero attached hydrogens (tertiary/aromatic N) is 2. The van der Waals surface area contributed by atoms with Gasteiger partial charge in [-0.15, -0.1) is 0 Å². The Kier molecular flexibility index (Phi) is 3.47. The molecule has 2 atom stereocenters. The van der Waals surface area contributed by atoms with Crippen molar-refractivity contribution < 1.29 is 4.79 Å². The molecule has 20 heavy (non-hydrogen) atoms. The number of rotatable bonds is 3. The van der Waals surface area contributed by atoms with Crippen molar-refractivity contribution in [2.45, 2.75) is 32.0 Å². The Hall–Kier alpha value is -2.21. The zero-order valence-electron chi connectivity index (χ0n) is 11.3. The zero-order chi connectivity index (χ0) is 13.9. The van der Waals surface area contributed by atoms with Gasteiger partial charge in [0.2, 0.25) is 5.91 Å². The Labute approximate surface area is 117 Å². The highest BCUT2D eigenvalue weighted by Gasteiger charge is 2.26. The van der Waals surface area contributed by atoms with Crippen LogP contribution in [0, 0.1) is 0 Å². The van der Waals surface area contributed by atoms with Gasteiger partial charge in [-0.2, -0.15) is 0 Å². The standard InChI is InChI=1S/C14H17N5O/c1-9(10-4-2-3-5-15-10)19-14(20)12-6-11-13(7-16-12)18-8-17-11/h2-5,8-9,12,16H,6-7H2,1H3,(H,17,18)(H,19,20)/t9-,12?/m0/s1. The van der Waals surface area contributed by atoms with Crippen molar-refractivity contribution in [3.8, 4) is 0 Å². The van der Waals surface area contributed by atoms with Gasteiger partial charge in [0, 0.05) is 19.2 Å². The predicted octanol–water partition coefficient (Wildman–Crippen LogP) is 0.696. The highest BCUT2D eigenvalue weighted by atomic mass is 16.2. The van der Waals surface area contributed by atoms with Crippen molar-refractivity contribution in [2.75, 3.05) is 0 Å². The average Bonchev–Trinajstić information content (AvgIpc) is 2.95. The fourth-order valence-electron chi connectivity index (χ4n) is 2.37. The monoisotopic (exact) mass is 271 g/mol. The lowest BCUT2D eigenvalue weighted by Gasteiger charge is -2.24. The van der Waals surface area contributed by atoms with Crippen LogP contribution in [-0.4, -0.2) is 26.9 Å². The first-order chi connectivity index (χ1) is 9.74. The normalized spacial score (nSPS) is 19.1. The smallest absolute Gasteiger partial charge is 0.238 e. The summed E-state index contributed by atoms with van der Waals surface area (Å²) in [7, 11) is 0. The van der Waals surface area contributed by atoms with E-state index in [1.165, 1.54) is 0 Å². The highest BCUT2D eigenvalue weighted by Crippen LogP contribution is 2.14. The van der Waals surface area contributed by atoms with Gasteiger partial charge in [0.1, 0.15) is 0 Å². The molecule has 1 amide bonds. The predicted molar refractivity (Wildman–Crippen MR) is 73.7 cm³/mol. The van der Waals surface area contributed by atoms with Crippen molar-refractivity contribution in [2.24, 2.45) is 0 Å². The second-order valence-corrected chi connectivity index (χ2v) is 4.95. The third kappa shape index (κ3) is 2.55. The van der Waals surface area contributed by atoms with Gasteiger partial charge in [0.25, 0.3) is 0 Å². The van der Waals surface area contributed by atoms with Gasteiger partial charge in [-0.25, -0.2) is 4.98 Å². The van der Waals surface area contributed by atoms with Gasteiger partial charge >= 0.3 is 0 Å². The minimum atomic E-state index is -0.239. The number of aromatic amines is 1. The number of fused-ring (bicyclic) bond motifs is 1. The molecule has 6 heteroatoms. The molecule has 2 aromatic heterocycles. The van der Waals surface area contributed by atoms with E-state index < -0.39 is 0 Å². The molecule has 1 unspecified atom stereocenters. The van der Waals surface area contributed by atoms with Crippen molar-refractivity contribution in [1.29, 1.82) is 0 Å². The molecule has 1 aliphatic heterocycles. The third-order valence-electron chi connectivity index (χ3n) is 3.54. The van der Waals surface area contributed by atoms with E-state index in [-0.39, 0.29) is 18.0 Å². The molecule has 6 nitrogen and oxygen atoms in total. The summed E-state index contributed by atoms with van der Waals surface area (Å²) in [6.07, 6.45) is 4.01. The second-order valence-electron chi connectivity index (χ2n) is 4.95. The largest absolute Gasteiger partial charge is 0.347 e. The van der Waals surface area contributed by atoms with Crippen molar-refractivity contribution >= 4 is 5.91 Å². The summed E-state index contributed by atoms with van der Waals surface area (Å²) in [5.41, 5.74) is 2.89. The SMILES string of the molecule is C[C@H](NC(=O)C1Cc2nc[nH]c2CN1)c1ccccn1. The van der Waals surface area contributed by atoms with Gasteiger partial charge < -0.3 is 10.3 Å². The van der Waals surface area contributed by atoms with Crippen LogP contribution < -0.4 is 10.6 Å².